The molecule has 180 valence electrons. The Morgan fingerprint density at radius 2 is 1.71 bits per heavy atom. The minimum atomic E-state index is -2.86. The Labute approximate surface area is 205 Å². The Bertz CT molecular complexity index is 1380. The van der Waals surface area contributed by atoms with Crippen LogP contribution >= 0.6 is 11.3 Å². The van der Waals surface area contributed by atoms with E-state index in [0.717, 1.165) is 38.8 Å². The summed E-state index contributed by atoms with van der Waals surface area (Å²) in [6.45, 7) is 2.23. The molecule has 5 nitrogen and oxygen atoms in total. The zero-order valence-corrected chi connectivity index (χ0v) is 20.1. The maximum absolute atomic E-state index is 12.6. The van der Waals surface area contributed by atoms with Crippen LogP contribution in [0.5, 0.6) is 17.2 Å². The Kier molecular flexibility index (Phi) is 6.55. The highest BCUT2D eigenvalue weighted by atomic mass is 32.1. The Morgan fingerprint density at radius 3 is 2.43 bits per heavy atom. The van der Waals surface area contributed by atoms with Gasteiger partial charge in [0.25, 0.3) is 0 Å². The molecule has 1 aromatic heterocycles. The molecule has 0 unspecified atom stereocenters. The maximum Gasteiger partial charge on any atom is 0.387 e. The predicted molar refractivity (Wildman–Crippen MR) is 132 cm³/mol. The van der Waals surface area contributed by atoms with Gasteiger partial charge in [0.1, 0.15) is 5.75 Å². The molecule has 0 bridgehead atoms. The third-order valence-electron chi connectivity index (χ3n) is 5.74. The first-order valence-electron chi connectivity index (χ1n) is 11.2. The second kappa shape index (κ2) is 9.92. The molecule has 0 fully saturated rings. The lowest BCUT2D eigenvalue weighted by atomic mass is 10.0. The van der Waals surface area contributed by atoms with Crippen molar-refractivity contribution in [3.05, 3.63) is 88.0 Å². The Morgan fingerprint density at radius 1 is 0.971 bits per heavy atom. The van der Waals surface area contributed by atoms with Crippen LogP contribution in [0.2, 0.25) is 0 Å². The van der Waals surface area contributed by atoms with E-state index in [-0.39, 0.29) is 12.5 Å². The van der Waals surface area contributed by atoms with Crippen molar-refractivity contribution in [2.45, 2.75) is 32.9 Å². The molecule has 0 spiro atoms. The number of hydrogen-bond acceptors (Lipinski definition) is 5. The monoisotopic (exact) mass is 494 g/mol. The Hall–Kier alpha value is -3.65. The van der Waals surface area contributed by atoms with E-state index in [1.165, 1.54) is 16.9 Å². The largest absolute Gasteiger partial charge is 0.454 e. The second-order valence-corrected chi connectivity index (χ2v) is 9.27. The summed E-state index contributed by atoms with van der Waals surface area (Å²) in [6.07, 6.45) is 0. The van der Waals surface area contributed by atoms with E-state index in [0.29, 0.717) is 12.5 Å². The van der Waals surface area contributed by atoms with Gasteiger partial charge in [0.15, 0.2) is 16.3 Å². The molecule has 0 amide bonds. The average molecular weight is 495 g/mol. The topological polar surface area (TPSA) is 45.0 Å². The van der Waals surface area contributed by atoms with Crippen molar-refractivity contribution in [1.82, 2.24) is 4.57 Å². The third-order valence-corrected chi connectivity index (χ3v) is 6.60. The lowest BCUT2D eigenvalue weighted by Gasteiger charge is -2.11. The van der Waals surface area contributed by atoms with Gasteiger partial charge < -0.3 is 18.8 Å². The van der Waals surface area contributed by atoms with Crippen LogP contribution in [0.3, 0.4) is 0 Å². The van der Waals surface area contributed by atoms with Gasteiger partial charge in [-0.2, -0.15) is 8.78 Å². The highest BCUT2D eigenvalue weighted by Gasteiger charge is 2.15. The summed E-state index contributed by atoms with van der Waals surface area (Å²) >= 11 is 1.52. The van der Waals surface area contributed by atoms with E-state index in [2.05, 4.69) is 35.3 Å². The van der Waals surface area contributed by atoms with Crippen LogP contribution in [0.25, 0.3) is 11.3 Å². The summed E-state index contributed by atoms with van der Waals surface area (Å²) in [5.41, 5.74) is 4.95. The first-order chi connectivity index (χ1) is 17.0. The number of rotatable bonds is 7. The van der Waals surface area contributed by atoms with Crippen molar-refractivity contribution in [3.63, 3.8) is 0 Å². The van der Waals surface area contributed by atoms with Crippen LogP contribution in [-0.4, -0.2) is 18.0 Å². The number of aromatic nitrogens is 1. The van der Waals surface area contributed by atoms with Gasteiger partial charge in [0.05, 0.1) is 17.9 Å². The van der Waals surface area contributed by atoms with Crippen molar-refractivity contribution >= 4 is 17.0 Å². The molecule has 3 aromatic carbocycles. The molecule has 35 heavy (non-hydrogen) atoms. The summed E-state index contributed by atoms with van der Waals surface area (Å²) in [5, 5.41) is 2.03. The standard InChI is InChI=1S/C27H24F2N2O3S/c1-17(2)19-4-8-21(9-5-19)30-27-31(14-18-3-12-24-25(13-18)33-16-32-24)23(15-35-27)20-6-10-22(11-7-20)34-26(28)29/h3-13,15,17,26H,14,16H2,1-2H3. The van der Waals surface area contributed by atoms with Crippen LogP contribution in [0.15, 0.2) is 77.1 Å². The van der Waals surface area contributed by atoms with E-state index in [1.807, 2.05) is 35.7 Å². The van der Waals surface area contributed by atoms with Crippen molar-refractivity contribution in [3.8, 4) is 28.5 Å². The zero-order valence-electron chi connectivity index (χ0n) is 19.3. The molecule has 1 aliphatic rings. The van der Waals surface area contributed by atoms with E-state index in [9.17, 15) is 8.78 Å². The van der Waals surface area contributed by atoms with Crippen LogP contribution in [0.4, 0.5) is 14.5 Å². The van der Waals surface area contributed by atoms with Crippen LogP contribution in [0, 0.1) is 0 Å². The fraction of sp³-hybridized carbons (Fsp3) is 0.222. The van der Waals surface area contributed by atoms with Gasteiger partial charge >= 0.3 is 6.61 Å². The number of hydrogen-bond donors (Lipinski definition) is 0. The second-order valence-electron chi connectivity index (χ2n) is 8.44. The molecular weight excluding hydrogens is 470 g/mol. The zero-order chi connectivity index (χ0) is 24.4. The van der Waals surface area contributed by atoms with E-state index < -0.39 is 6.61 Å². The smallest absolute Gasteiger partial charge is 0.387 e. The van der Waals surface area contributed by atoms with Gasteiger partial charge in [-0.15, -0.1) is 11.3 Å². The minimum absolute atomic E-state index is 0.122. The minimum Gasteiger partial charge on any atom is -0.454 e. The van der Waals surface area contributed by atoms with Gasteiger partial charge in [0.2, 0.25) is 6.79 Å². The molecule has 0 radical (unpaired) electrons. The predicted octanol–water partition coefficient (Wildman–Crippen LogP) is 6.95. The number of halogens is 2. The molecule has 0 aliphatic carbocycles. The van der Waals surface area contributed by atoms with Gasteiger partial charge in [-0.25, -0.2) is 4.99 Å². The van der Waals surface area contributed by atoms with Crippen molar-refractivity contribution in [1.29, 1.82) is 0 Å². The average Bonchev–Trinajstić information content (AvgIpc) is 3.46. The van der Waals surface area contributed by atoms with Crippen LogP contribution in [0.1, 0.15) is 30.9 Å². The summed E-state index contributed by atoms with van der Waals surface area (Å²) in [7, 11) is 0. The molecule has 5 rings (SSSR count). The number of fused-ring (bicyclic) bond motifs is 1. The van der Waals surface area contributed by atoms with Gasteiger partial charge in [-0.3, -0.25) is 0 Å². The first kappa shape index (κ1) is 23.1. The van der Waals surface area contributed by atoms with Gasteiger partial charge in [0, 0.05) is 5.38 Å². The molecule has 8 heteroatoms. The van der Waals surface area contributed by atoms with E-state index >= 15 is 0 Å². The third kappa shape index (κ3) is 5.22. The van der Waals surface area contributed by atoms with E-state index in [4.69, 9.17) is 14.5 Å². The number of nitrogens with zero attached hydrogens (tertiary/aromatic N) is 2. The summed E-state index contributed by atoms with van der Waals surface area (Å²) in [6, 6.07) is 20.8. The van der Waals surface area contributed by atoms with Crippen LogP contribution in [-0.2, 0) is 6.54 Å². The molecule has 0 N–H and O–H groups in total. The number of ether oxygens (including phenoxy) is 3. The summed E-state index contributed by atoms with van der Waals surface area (Å²) in [4.78, 5) is 5.74. The van der Waals surface area contributed by atoms with E-state index in [1.54, 1.807) is 24.3 Å². The van der Waals surface area contributed by atoms with Gasteiger partial charge in [-0.05, 0) is 71.1 Å². The van der Waals surface area contributed by atoms with Crippen LogP contribution < -0.4 is 19.0 Å². The summed E-state index contributed by atoms with van der Waals surface area (Å²) in [5.74, 6) is 2.02. The first-order valence-corrected chi connectivity index (χ1v) is 12.1. The molecule has 0 atom stereocenters. The highest BCUT2D eigenvalue weighted by Crippen LogP contribution is 2.33. The molecule has 0 saturated heterocycles. The SMILES string of the molecule is CC(C)c1ccc(N=c2scc(-c3ccc(OC(F)F)cc3)n2Cc2ccc3c(c2)OCO3)cc1. The quantitative estimate of drug-likeness (QED) is 0.279. The number of benzene rings is 3. The maximum atomic E-state index is 12.6. The lowest BCUT2D eigenvalue weighted by molar-refractivity contribution is -0.0498. The molecule has 1 aliphatic heterocycles. The van der Waals surface area contributed by atoms with Crippen molar-refractivity contribution in [2.24, 2.45) is 4.99 Å². The van der Waals surface area contributed by atoms with Gasteiger partial charge in [-0.1, -0.05) is 32.0 Å². The highest BCUT2D eigenvalue weighted by molar-refractivity contribution is 7.07. The fourth-order valence-corrected chi connectivity index (χ4v) is 4.80. The fourth-order valence-electron chi connectivity index (χ4n) is 3.88. The number of thiazole rings is 1. The van der Waals surface area contributed by atoms with Crippen molar-refractivity contribution in [2.75, 3.05) is 6.79 Å². The molecule has 0 saturated carbocycles. The molecule has 2 heterocycles. The summed E-state index contributed by atoms with van der Waals surface area (Å²) < 4.78 is 42.7. The molecular formula is C27H24F2N2O3S. The number of alkyl halides is 2. The van der Waals surface area contributed by atoms with Crippen molar-refractivity contribution < 1.29 is 23.0 Å². The molecule has 4 aromatic rings. The Balaban J connectivity index is 1.54. The normalized spacial score (nSPS) is 13.1. The lowest BCUT2D eigenvalue weighted by Crippen LogP contribution is -2.16.